The molecule has 1 aromatic rings. The standard InChI is InChI=1S/C16H26N2/c1-3-18(16-11-7-4-8-14(16)2)13-12-17-15-9-5-6-10-15/h4,7-8,11,15,17H,3,5-6,9-10,12-13H2,1-2H3. The first-order valence-electron chi connectivity index (χ1n) is 7.35. The number of likely N-dealkylation sites (N-methyl/N-ethyl adjacent to an activating group) is 1. The fraction of sp³-hybridized carbons (Fsp3) is 0.625. The Kier molecular flexibility index (Phi) is 5.06. The highest BCUT2D eigenvalue weighted by atomic mass is 15.1. The molecule has 0 heterocycles. The van der Waals surface area contributed by atoms with Crippen LogP contribution in [0.2, 0.25) is 0 Å². The summed E-state index contributed by atoms with van der Waals surface area (Å²) in [5, 5.41) is 3.69. The minimum Gasteiger partial charge on any atom is -0.370 e. The van der Waals surface area contributed by atoms with Gasteiger partial charge in [-0.05, 0) is 38.3 Å². The second-order valence-corrected chi connectivity index (χ2v) is 5.30. The van der Waals surface area contributed by atoms with E-state index in [1.165, 1.54) is 36.9 Å². The van der Waals surface area contributed by atoms with Gasteiger partial charge in [0.1, 0.15) is 0 Å². The normalized spacial score (nSPS) is 16.1. The van der Waals surface area contributed by atoms with Crippen molar-refractivity contribution in [2.45, 2.75) is 45.6 Å². The Bertz CT molecular complexity index is 356. The fourth-order valence-electron chi connectivity index (χ4n) is 2.90. The maximum atomic E-state index is 3.69. The van der Waals surface area contributed by atoms with Crippen molar-refractivity contribution in [3.8, 4) is 0 Å². The Labute approximate surface area is 111 Å². The number of nitrogens with one attached hydrogen (secondary N) is 1. The van der Waals surface area contributed by atoms with Crippen molar-refractivity contribution in [3.63, 3.8) is 0 Å². The van der Waals surface area contributed by atoms with E-state index in [0.29, 0.717) is 0 Å². The van der Waals surface area contributed by atoms with Gasteiger partial charge in [0.25, 0.3) is 0 Å². The Morgan fingerprint density at radius 3 is 2.61 bits per heavy atom. The maximum Gasteiger partial charge on any atom is 0.0396 e. The summed E-state index contributed by atoms with van der Waals surface area (Å²) in [5.41, 5.74) is 2.76. The monoisotopic (exact) mass is 246 g/mol. The maximum absolute atomic E-state index is 3.69. The minimum atomic E-state index is 0.778. The summed E-state index contributed by atoms with van der Waals surface area (Å²) < 4.78 is 0. The molecule has 0 spiro atoms. The van der Waals surface area contributed by atoms with E-state index in [4.69, 9.17) is 0 Å². The summed E-state index contributed by atoms with van der Waals surface area (Å²) in [6.45, 7) is 7.73. The molecule has 1 aliphatic carbocycles. The minimum absolute atomic E-state index is 0.778. The van der Waals surface area contributed by atoms with Gasteiger partial charge in [0.15, 0.2) is 0 Å². The molecule has 0 unspecified atom stereocenters. The zero-order chi connectivity index (χ0) is 12.8. The molecule has 2 rings (SSSR count). The lowest BCUT2D eigenvalue weighted by atomic mass is 10.2. The zero-order valence-electron chi connectivity index (χ0n) is 11.8. The molecule has 0 radical (unpaired) electrons. The molecule has 1 saturated carbocycles. The first-order valence-corrected chi connectivity index (χ1v) is 7.35. The predicted molar refractivity (Wildman–Crippen MR) is 79.3 cm³/mol. The van der Waals surface area contributed by atoms with E-state index in [0.717, 1.165) is 25.7 Å². The van der Waals surface area contributed by atoms with E-state index in [-0.39, 0.29) is 0 Å². The van der Waals surface area contributed by atoms with Crippen LogP contribution in [0.3, 0.4) is 0 Å². The van der Waals surface area contributed by atoms with Crippen molar-refractivity contribution in [1.82, 2.24) is 5.32 Å². The quantitative estimate of drug-likeness (QED) is 0.828. The van der Waals surface area contributed by atoms with Crippen LogP contribution in [0.1, 0.15) is 38.2 Å². The topological polar surface area (TPSA) is 15.3 Å². The number of nitrogens with zero attached hydrogens (tertiary/aromatic N) is 1. The number of benzene rings is 1. The van der Waals surface area contributed by atoms with Crippen molar-refractivity contribution in [3.05, 3.63) is 29.8 Å². The second-order valence-electron chi connectivity index (χ2n) is 5.30. The molecule has 100 valence electrons. The number of hydrogen-bond acceptors (Lipinski definition) is 2. The van der Waals surface area contributed by atoms with Crippen molar-refractivity contribution < 1.29 is 0 Å². The van der Waals surface area contributed by atoms with E-state index >= 15 is 0 Å². The Morgan fingerprint density at radius 2 is 1.94 bits per heavy atom. The van der Waals surface area contributed by atoms with Gasteiger partial charge in [-0.3, -0.25) is 0 Å². The van der Waals surface area contributed by atoms with Gasteiger partial charge >= 0.3 is 0 Å². The van der Waals surface area contributed by atoms with E-state index in [2.05, 4.69) is 48.3 Å². The number of anilines is 1. The van der Waals surface area contributed by atoms with Gasteiger partial charge in [-0.25, -0.2) is 0 Å². The van der Waals surface area contributed by atoms with E-state index < -0.39 is 0 Å². The van der Waals surface area contributed by atoms with Gasteiger partial charge in [0.05, 0.1) is 0 Å². The predicted octanol–water partition coefficient (Wildman–Crippen LogP) is 3.35. The van der Waals surface area contributed by atoms with Gasteiger partial charge in [-0.2, -0.15) is 0 Å². The average Bonchev–Trinajstić information content (AvgIpc) is 2.89. The molecule has 0 saturated heterocycles. The summed E-state index contributed by atoms with van der Waals surface area (Å²) in [5.74, 6) is 0. The molecular weight excluding hydrogens is 220 g/mol. The highest BCUT2D eigenvalue weighted by Crippen LogP contribution is 2.19. The molecule has 0 atom stereocenters. The first-order chi connectivity index (χ1) is 8.81. The van der Waals surface area contributed by atoms with Crippen molar-refractivity contribution in [2.24, 2.45) is 0 Å². The van der Waals surface area contributed by atoms with Crippen LogP contribution < -0.4 is 10.2 Å². The highest BCUT2D eigenvalue weighted by molar-refractivity contribution is 5.52. The molecule has 2 nitrogen and oxygen atoms in total. The van der Waals surface area contributed by atoms with Gasteiger partial charge in [0, 0.05) is 31.4 Å². The van der Waals surface area contributed by atoms with Crippen LogP contribution in [0.4, 0.5) is 5.69 Å². The summed E-state index contributed by atoms with van der Waals surface area (Å²) in [7, 11) is 0. The highest BCUT2D eigenvalue weighted by Gasteiger charge is 2.14. The molecule has 1 fully saturated rings. The van der Waals surface area contributed by atoms with Gasteiger partial charge < -0.3 is 10.2 Å². The smallest absolute Gasteiger partial charge is 0.0396 e. The van der Waals surface area contributed by atoms with Crippen LogP contribution in [0.5, 0.6) is 0 Å². The molecule has 2 heteroatoms. The van der Waals surface area contributed by atoms with Crippen LogP contribution in [0, 0.1) is 6.92 Å². The van der Waals surface area contributed by atoms with Crippen LogP contribution in [-0.2, 0) is 0 Å². The molecule has 0 bridgehead atoms. The van der Waals surface area contributed by atoms with Crippen molar-refractivity contribution in [1.29, 1.82) is 0 Å². The Morgan fingerprint density at radius 1 is 1.22 bits per heavy atom. The molecule has 0 aliphatic heterocycles. The van der Waals surface area contributed by atoms with Crippen LogP contribution in [-0.4, -0.2) is 25.7 Å². The van der Waals surface area contributed by atoms with Gasteiger partial charge in [-0.15, -0.1) is 0 Å². The van der Waals surface area contributed by atoms with Crippen LogP contribution >= 0.6 is 0 Å². The Hall–Kier alpha value is -1.02. The molecule has 1 aromatic carbocycles. The summed E-state index contributed by atoms with van der Waals surface area (Å²) in [6, 6.07) is 9.45. The average molecular weight is 246 g/mol. The SMILES string of the molecule is CCN(CCNC1CCCC1)c1ccccc1C. The molecule has 18 heavy (non-hydrogen) atoms. The third kappa shape index (κ3) is 3.49. The fourth-order valence-corrected chi connectivity index (χ4v) is 2.90. The number of aryl methyl sites for hydroxylation is 1. The van der Waals surface area contributed by atoms with Crippen molar-refractivity contribution >= 4 is 5.69 Å². The molecule has 1 aliphatic rings. The van der Waals surface area contributed by atoms with Crippen LogP contribution in [0.25, 0.3) is 0 Å². The number of rotatable bonds is 6. The lowest BCUT2D eigenvalue weighted by molar-refractivity contribution is 0.525. The van der Waals surface area contributed by atoms with E-state index in [1.807, 2.05) is 0 Å². The van der Waals surface area contributed by atoms with E-state index in [1.54, 1.807) is 0 Å². The van der Waals surface area contributed by atoms with Gasteiger partial charge in [0.2, 0.25) is 0 Å². The summed E-state index contributed by atoms with van der Waals surface area (Å²) in [6.07, 6.45) is 5.56. The molecule has 1 N–H and O–H groups in total. The first kappa shape index (κ1) is 13.4. The number of para-hydroxylation sites is 1. The van der Waals surface area contributed by atoms with Crippen LogP contribution in [0.15, 0.2) is 24.3 Å². The third-order valence-corrected chi connectivity index (χ3v) is 4.01. The lowest BCUT2D eigenvalue weighted by Gasteiger charge is -2.26. The summed E-state index contributed by atoms with van der Waals surface area (Å²) >= 11 is 0. The van der Waals surface area contributed by atoms with Crippen molar-refractivity contribution in [2.75, 3.05) is 24.5 Å². The largest absolute Gasteiger partial charge is 0.370 e. The number of hydrogen-bond donors (Lipinski definition) is 1. The lowest BCUT2D eigenvalue weighted by Crippen LogP contribution is -2.36. The molecular formula is C16H26N2. The van der Waals surface area contributed by atoms with Gasteiger partial charge in [-0.1, -0.05) is 31.0 Å². The van der Waals surface area contributed by atoms with E-state index in [9.17, 15) is 0 Å². The third-order valence-electron chi connectivity index (χ3n) is 4.01. The zero-order valence-corrected chi connectivity index (χ0v) is 11.8. The molecule has 0 amide bonds. The molecule has 0 aromatic heterocycles. The summed E-state index contributed by atoms with van der Waals surface area (Å²) in [4.78, 5) is 2.47. The Balaban J connectivity index is 1.83. The second kappa shape index (κ2) is 6.79.